The van der Waals surface area contributed by atoms with Gasteiger partial charge in [0.2, 0.25) is 10.0 Å². The van der Waals surface area contributed by atoms with Gasteiger partial charge in [0.25, 0.3) is 0 Å². The molecule has 1 atom stereocenters. The molecule has 0 aromatic heterocycles. The van der Waals surface area contributed by atoms with Crippen LogP contribution in [-0.2, 0) is 16.6 Å². The van der Waals surface area contributed by atoms with E-state index in [0.29, 0.717) is 6.54 Å². The highest BCUT2D eigenvalue weighted by Crippen LogP contribution is 2.31. The highest BCUT2D eigenvalue weighted by molar-refractivity contribution is 7.89. The lowest BCUT2D eigenvalue weighted by Gasteiger charge is -2.27. The lowest BCUT2D eigenvalue weighted by Crippen LogP contribution is -2.33. The van der Waals surface area contributed by atoms with Gasteiger partial charge in [0.1, 0.15) is 4.90 Å². The number of sulfonamides is 1. The first-order chi connectivity index (χ1) is 9.50. The molecule has 0 amide bonds. The van der Waals surface area contributed by atoms with Crippen molar-refractivity contribution in [2.75, 3.05) is 6.54 Å². The maximum absolute atomic E-state index is 12.3. The van der Waals surface area contributed by atoms with E-state index in [1.54, 1.807) is 0 Å². The topological polar surface area (TPSA) is 66.4 Å². The Morgan fingerprint density at radius 3 is 2.33 bits per heavy atom. The highest BCUT2D eigenvalue weighted by Gasteiger charge is 2.25. The van der Waals surface area contributed by atoms with E-state index in [2.05, 4.69) is 4.72 Å². The minimum atomic E-state index is -3.75. The fraction of sp³-hybridized carbons (Fsp3) is 0.571. The number of nitrogens with one attached hydrogen (secondary N) is 1. The first-order valence-corrected chi connectivity index (χ1v) is 8.82. The van der Waals surface area contributed by atoms with Gasteiger partial charge in [0.05, 0.1) is 11.6 Å². The molecule has 0 saturated carbocycles. The SMILES string of the molecule is CC(CNS(=O)(=O)c1ccc(Cl)c(CO)c1Cl)C(C)(C)C. The van der Waals surface area contributed by atoms with Gasteiger partial charge < -0.3 is 5.11 Å². The highest BCUT2D eigenvalue weighted by atomic mass is 35.5. The minimum absolute atomic E-state index is 0.0113. The average molecular weight is 354 g/mol. The average Bonchev–Trinajstić information content (AvgIpc) is 2.35. The third-order valence-electron chi connectivity index (χ3n) is 3.66. The van der Waals surface area contributed by atoms with Crippen molar-refractivity contribution in [1.82, 2.24) is 4.72 Å². The summed E-state index contributed by atoms with van der Waals surface area (Å²) in [6, 6.07) is 2.76. The van der Waals surface area contributed by atoms with Crippen molar-refractivity contribution in [2.24, 2.45) is 11.3 Å². The summed E-state index contributed by atoms with van der Waals surface area (Å²) >= 11 is 11.9. The second-order valence-corrected chi connectivity index (χ2v) is 8.64. The molecular weight excluding hydrogens is 333 g/mol. The third-order valence-corrected chi connectivity index (χ3v) is 6.02. The molecule has 0 radical (unpaired) electrons. The number of hydrogen-bond donors (Lipinski definition) is 2. The predicted octanol–water partition coefficient (Wildman–Crippen LogP) is 3.45. The Balaban J connectivity index is 3.05. The van der Waals surface area contributed by atoms with Gasteiger partial charge in [-0.15, -0.1) is 0 Å². The largest absolute Gasteiger partial charge is 0.392 e. The van der Waals surface area contributed by atoms with Crippen LogP contribution in [0, 0.1) is 11.3 Å². The van der Waals surface area contributed by atoms with Crippen LogP contribution in [0.2, 0.25) is 10.0 Å². The molecular formula is C14H21Cl2NO3S. The van der Waals surface area contributed by atoms with Crippen LogP contribution in [-0.4, -0.2) is 20.1 Å². The number of aliphatic hydroxyl groups is 1. The number of benzene rings is 1. The van der Waals surface area contributed by atoms with Gasteiger partial charge in [0, 0.05) is 17.1 Å². The fourth-order valence-corrected chi connectivity index (χ4v) is 3.57. The number of rotatable bonds is 5. The van der Waals surface area contributed by atoms with Crippen molar-refractivity contribution in [2.45, 2.75) is 39.2 Å². The van der Waals surface area contributed by atoms with Crippen LogP contribution in [0.3, 0.4) is 0 Å². The molecule has 1 unspecified atom stereocenters. The Kier molecular flexibility index (Phi) is 6.09. The molecule has 2 N–H and O–H groups in total. The number of halogens is 2. The normalized spacial score (nSPS) is 14.2. The number of hydrogen-bond acceptors (Lipinski definition) is 3. The standard InChI is InChI=1S/C14H21Cl2NO3S/c1-9(14(2,3)4)7-17-21(19,20)12-6-5-11(15)10(8-18)13(12)16/h5-6,9,17-18H,7-8H2,1-4H3. The van der Waals surface area contributed by atoms with Gasteiger partial charge in [-0.3, -0.25) is 0 Å². The van der Waals surface area contributed by atoms with Gasteiger partial charge in [-0.05, 0) is 23.5 Å². The maximum atomic E-state index is 12.3. The van der Waals surface area contributed by atoms with Crippen molar-refractivity contribution in [3.8, 4) is 0 Å². The molecule has 21 heavy (non-hydrogen) atoms. The first-order valence-electron chi connectivity index (χ1n) is 6.58. The molecule has 0 fully saturated rings. The summed E-state index contributed by atoms with van der Waals surface area (Å²) in [6.07, 6.45) is 0. The van der Waals surface area contributed by atoms with E-state index in [1.807, 2.05) is 27.7 Å². The van der Waals surface area contributed by atoms with Crippen molar-refractivity contribution < 1.29 is 13.5 Å². The number of aliphatic hydroxyl groups excluding tert-OH is 1. The van der Waals surface area contributed by atoms with Gasteiger partial charge in [0.15, 0.2) is 0 Å². The van der Waals surface area contributed by atoms with Gasteiger partial charge >= 0.3 is 0 Å². The van der Waals surface area contributed by atoms with Crippen molar-refractivity contribution in [1.29, 1.82) is 0 Å². The molecule has 0 saturated heterocycles. The van der Waals surface area contributed by atoms with Crippen molar-refractivity contribution >= 4 is 33.2 Å². The smallest absolute Gasteiger partial charge is 0.242 e. The summed E-state index contributed by atoms with van der Waals surface area (Å²) in [4.78, 5) is -0.0706. The monoisotopic (exact) mass is 353 g/mol. The van der Waals surface area contributed by atoms with Crippen LogP contribution in [0.4, 0.5) is 0 Å². The second-order valence-electron chi connectivity index (χ2n) is 6.12. The molecule has 0 aliphatic rings. The van der Waals surface area contributed by atoms with E-state index in [-0.39, 0.29) is 31.8 Å². The Labute approximate surface area is 136 Å². The van der Waals surface area contributed by atoms with E-state index in [4.69, 9.17) is 23.2 Å². The zero-order chi connectivity index (χ0) is 16.4. The quantitative estimate of drug-likeness (QED) is 0.851. The maximum Gasteiger partial charge on any atom is 0.242 e. The summed E-state index contributed by atoms with van der Waals surface area (Å²) in [5.74, 6) is 0.149. The van der Waals surface area contributed by atoms with E-state index < -0.39 is 16.6 Å². The van der Waals surface area contributed by atoms with Crippen LogP contribution < -0.4 is 4.72 Å². The van der Waals surface area contributed by atoms with Crippen molar-refractivity contribution in [3.05, 3.63) is 27.7 Å². The molecule has 4 nitrogen and oxygen atoms in total. The third kappa shape index (κ3) is 4.57. The molecule has 7 heteroatoms. The molecule has 0 heterocycles. The second kappa shape index (κ2) is 6.84. The van der Waals surface area contributed by atoms with Gasteiger partial charge in [-0.1, -0.05) is 50.9 Å². The van der Waals surface area contributed by atoms with Crippen LogP contribution in [0.25, 0.3) is 0 Å². The van der Waals surface area contributed by atoms with Crippen LogP contribution >= 0.6 is 23.2 Å². The summed E-state index contributed by atoms with van der Waals surface area (Å²) in [7, 11) is -3.75. The van der Waals surface area contributed by atoms with E-state index >= 15 is 0 Å². The Bertz CT molecular complexity index is 609. The molecule has 0 spiro atoms. The first kappa shape index (κ1) is 18.7. The van der Waals surface area contributed by atoms with Crippen molar-refractivity contribution in [3.63, 3.8) is 0 Å². The minimum Gasteiger partial charge on any atom is -0.392 e. The Morgan fingerprint density at radius 2 is 1.86 bits per heavy atom. The van der Waals surface area contributed by atoms with Gasteiger partial charge in [-0.25, -0.2) is 13.1 Å². The van der Waals surface area contributed by atoms with E-state index in [1.165, 1.54) is 12.1 Å². The lowest BCUT2D eigenvalue weighted by atomic mass is 9.82. The zero-order valence-corrected chi connectivity index (χ0v) is 14.9. The van der Waals surface area contributed by atoms with Crippen LogP contribution in [0.1, 0.15) is 33.3 Å². The zero-order valence-electron chi connectivity index (χ0n) is 12.6. The van der Waals surface area contributed by atoms with E-state index in [0.717, 1.165) is 0 Å². The van der Waals surface area contributed by atoms with Crippen LogP contribution in [0.5, 0.6) is 0 Å². The fourth-order valence-electron chi connectivity index (χ4n) is 1.55. The molecule has 1 aromatic carbocycles. The molecule has 0 aliphatic heterocycles. The summed E-state index contributed by atoms with van der Waals surface area (Å²) in [5.41, 5.74) is 0.202. The molecule has 1 aromatic rings. The Hall–Kier alpha value is -0.330. The molecule has 120 valence electrons. The Morgan fingerprint density at radius 1 is 1.29 bits per heavy atom. The molecule has 1 rings (SSSR count). The van der Waals surface area contributed by atoms with E-state index in [9.17, 15) is 13.5 Å². The summed E-state index contributed by atoms with van der Waals surface area (Å²) in [5, 5.41) is 9.43. The molecule has 0 aliphatic carbocycles. The van der Waals surface area contributed by atoms with Gasteiger partial charge in [-0.2, -0.15) is 0 Å². The molecule has 0 bridgehead atoms. The lowest BCUT2D eigenvalue weighted by molar-refractivity contribution is 0.263. The predicted molar refractivity (Wildman–Crippen MR) is 86.2 cm³/mol. The van der Waals surface area contributed by atoms with Crippen LogP contribution in [0.15, 0.2) is 17.0 Å². The summed E-state index contributed by atoms with van der Waals surface area (Å²) in [6.45, 7) is 8.01. The summed E-state index contributed by atoms with van der Waals surface area (Å²) < 4.78 is 27.2.